The molecule has 1 aromatic heterocycles. The summed E-state index contributed by atoms with van der Waals surface area (Å²) < 4.78 is 8.12. The molecule has 0 radical (unpaired) electrons. The predicted octanol–water partition coefficient (Wildman–Crippen LogP) is 5.24. The molecule has 146 valence electrons. The summed E-state index contributed by atoms with van der Waals surface area (Å²) in [7, 11) is 1.64. The molecule has 0 aliphatic rings. The van der Waals surface area contributed by atoms with Crippen molar-refractivity contribution in [3.05, 3.63) is 93.2 Å². The van der Waals surface area contributed by atoms with Crippen LogP contribution in [0.15, 0.2) is 71.3 Å². The number of hydrogen-bond acceptors (Lipinski definition) is 2. The fourth-order valence-corrected chi connectivity index (χ4v) is 3.66. The highest BCUT2D eigenvalue weighted by Gasteiger charge is 2.19. The first-order valence-electron chi connectivity index (χ1n) is 9.00. The SMILES string of the molecule is COCCN(Cc1cccn1Cc1ccccc1Cl)C(=O)c1ccccc1Br. The minimum atomic E-state index is -0.0324. The molecule has 3 aromatic rings. The lowest BCUT2D eigenvalue weighted by Gasteiger charge is -2.24. The van der Waals surface area contributed by atoms with E-state index in [1.165, 1.54) is 0 Å². The lowest BCUT2D eigenvalue weighted by Crippen LogP contribution is -2.34. The van der Waals surface area contributed by atoms with E-state index in [2.05, 4.69) is 20.5 Å². The first-order chi connectivity index (χ1) is 13.6. The van der Waals surface area contributed by atoms with E-state index in [-0.39, 0.29) is 5.91 Å². The molecule has 4 nitrogen and oxygen atoms in total. The lowest BCUT2D eigenvalue weighted by molar-refractivity contribution is 0.0675. The third-order valence-corrected chi connectivity index (χ3v) is 5.59. The maximum absolute atomic E-state index is 13.1. The summed E-state index contributed by atoms with van der Waals surface area (Å²) >= 11 is 9.80. The standard InChI is InChI=1S/C22H22BrClN2O2/c1-28-14-13-26(22(27)19-9-3-4-10-20(19)23)16-18-8-6-12-25(18)15-17-7-2-5-11-21(17)24/h2-12H,13-16H2,1H3. The van der Waals surface area contributed by atoms with Crippen LogP contribution < -0.4 is 0 Å². The highest BCUT2D eigenvalue weighted by atomic mass is 79.9. The van der Waals surface area contributed by atoms with Crippen LogP contribution in [0, 0.1) is 0 Å². The number of ether oxygens (including phenoxy) is 1. The van der Waals surface area contributed by atoms with Crippen LogP contribution in [0.2, 0.25) is 5.02 Å². The first-order valence-corrected chi connectivity index (χ1v) is 10.2. The summed E-state index contributed by atoms with van der Waals surface area (Å²) in [6.07, 6.45) is 2.01. The zero-order valence-electron chi connectivity index (χ0n) is 15.6. The van der Waals surface area contributed by atoms with E-state index in [9.17, 15) is 4.79 Å². The van der Waals surface area contributed by atoms with Crippen LogP contribution in [-0.2, 0) is 17.8 Å². The molecular weight excluding hydrogens is 440 g/mol. The van der Waals surface area contributed by atoms with E-state index in [0.717, 1.165) is 20.8 Å². The topological polar surface area (TPSA) is 34.5 Å². The molecule has 0 bridgehead atoms. The van der Waals surface area contributed by atoms with Crippen LogP contribution in [0.1, 0.15) is 21.6 Å². The van der Waals surface area contributed by atoms with Gasteiger partial charge < -0.3 is 14.2 Å². The van der Waals surface area contributed by atoms with Crippen molar-refractivity contribution in [2.75, 3.05) is 20.3 Å². The molecule has 0 saturated carbocycles. The summed E-state index contributed by atoms with van der Waals surface area (Å²) in [5.74, 6) is -0.0324. The third-order valence-electron chi connectivity index (χ3n) is 4.53. The van der Waals surface area contributed by atoms with Gasteiger partial charge in [-0.15, -0.1) is 0 Å². The Labute approximate surface area is 178 Å². The Morgan fingerprint density at radius 2 is 1.86 bits per heavy atom. The summed E-state index contributed by atoms with van der Waals surface area (Å²) in [5, 5.41) is 0.739. The summed E-state index contributed by atoms with van der Waals surface area (Å²) in [5.41, 5.74) is 2.72. The molecule has 0 saturated heterocycles. The van der Waals surface area contributed by atoms with Crippen molar-refractivity contribution in [2.45, 2.75) is 13.1 Å². The van der Waals surface area contributed by atoms with Crippen molar-refractivity contribution < 1.29 is 9.53 Å². The number of halogens is 2. The quantitative estimate of drug-likeness (QED) is 0.460. The van der Waals surface area contributed by atoms with Gasteiger partial charge >= 0.3 is 0 Å². The van der Waals surface area contributed by atoms with Gasteiger partial charge in [0, 0.05) is 41.6 Å². The zero-order chi connectivity index (χ0) is 19.9. The van der Waals surface area contributed by atoms with Gasteiger partial charge in [-0.1, -0.05) is 41.9 Å². The second kappa shape index (κ2) is 9.92. The smallest absolute Gasteiger partial charge is 0.255 e. The average molecular weight is 462 g/mol. The van der Waals surface area contributed by atoms with Gasteiger partial charge in [-0.3, -0.25) is 4.79 Å². The van der Waals surface area contributed by atoms with Crippen molar-refractivity contribution >= 4 is 33.4 Å². The molecule has 0 spiro atoms. The molecule has 0 atom stereocenters. The van der Waals surface area contributed by atoms with Crippen LogP contribution in [0.4, 0.5) is 0 Å². The van der Waals surface area contributed by atoms with Gasteiger partial charge in [-0.05, 0) is 51.8 Å². The molecule has 0 aliphatic carbocycles. The van der Waals surface area contributed by atoms with E-state index < -0.39 is 0 Å². The number of carbonyl (C=O) groups is 1. The van der Waals surface area contributed by atoms with Crippen LogP contribution in [0.3, 0.4) is 0 Å². The number of aromatic nitrogens is 1. The number of carbonyl (C=O) groups excluding carboxylic acids is 1. The van der Waals surface area contributed by atoms with Crippen molar-refractivity contribution in [2.24, 2.45) is 0 Å². The van der Waals surface area contributed by atoms with Crippen molar-refractivity contribution in [1.29, 1.82) is 0 Å². The number of rotatable bonds is 8. The van der Waals surface area contributed by atoms with E-state index >= 15 is 0 Å². The number of methoxy groups -OCH3 is 1. The molecule has 0 aliphatic heterocycles. The largest absolute Gasteiger partial charge is 0.383 e. The zero-order valence-corrected chi connectivity index (χ0v) is 18.0. The van der Waals surface area contributed by atoms with Crippen molar-refractivity contribution in [1.82, 2.24) is 9.47 Å². The Hall–Kier alpha value is -2.08. The normalized spacial score (nSPS) is 10.8. The molecular formula is C22H22BrClN2O2. The highest BCUT2D eigenvalue weighted by Crippen LogP contribution is 2.21. The minimum Gasteiger partial charge on any atom is -0.383 e. The molecule has 1 amide bonds. The maximum Gasteiger partial charge on any atom is 0.255 e. The summed E-state index contributed by atoms with van der Waals surface area (Å²) in [4.78, 5) is 14.9. The minimum absolute atomic E-state index is 0.0324. The monoisotopic (exact) mass is 460 g/mol. The molecule has 0 unspecified atom stereocenters. The average Bonchev–Trinajstić information content (AvgIpc) is 3.13. The van der Waals surface area contributed by atoms with Gasteiger partial charge in [-0.25, -0.2) is 0 Å². The Kier molecular flexibility index (Phi) is 7.31. The molecule has 28 heavy (non-hydrogen) atoms. The van der Waals surface area contributed by atoms with Crippen LogP contribution in [-0.4, -0.2) is 35.6 Å². The number of benzene rings is 2. The van der Waals surface area contributed by atoms with E-state index in [4.69, 9.17) is 16.3 Å². The van der Waals surface area contributed by atoms with E-state index in [1.54, 1.807) is 7.11 Å². The van der Waals surface area contributed by atoms with Gasteiger partial charge in [0.25, 0.3) is 5.91 Å². The molecule has 3 rings (SSSR count). The first kappa shape index (κ1) is 20.6. The van der Waals surface area contributed by atoms with Gasteiger partial charge in [0.15, 0.2) is 0 Å². The summed E-state index contributed by atoms with van der Waals surface area (Å²) in [6, 6.07) is 19.3. The second-order valence-corrected chi connectivity index (χ2v) is 7.68. The van der Waals surface area contributed by atoms with E-state index in [0.29, 0.717) is 31.8 Å². The highest BCUT2D eigenvalue weighted by molar-refractivity contribution is 9.10. The van der Waals surface area contributed by atoms with Crippen LogP contribution in [0.5, 0.6) is 0 Å². The Morgan fingerprint density at radius 3 is 2.61 bits per heavy atom. The predicted molar refractivity (Wildman–Crippen MR) is 116 cm³/mol. The Balaban J connectivity index is 1.82. The molecule has 0 N–H and O–H groups in total. The van der Waals surface area contributed by atoms with Crippen LogP contribution in [0.25, 0.3) is 0 Å². The number of hydrogen-bond donors (Lipinski definition) is 0. The maximum atomic E-state index is 13.1. The van der Waals surface area contributed by atoms with Crippen LogP contribution >= 0.6 is 27.5 Å². The fraction of sp³-hybridized carbons (Fsp3) is 0.227. The van der Waals surface area contributed by atoms with Gasteiger partial charge in [-0.2, -0.15) is 0 Å². The molecule has 1 heterocycles. The summed E-state index contributed by atoms with van der Waals surface area (Å²) in [6.45, 7) is 2.12. The van der Waals surface area contributed by atoms with E-state index in [1.807, 2.05) is 71.8 Å². The molecule has 0 fully saturated rings. The lowest BCUT2D eigenvalue weighted by atomic mass is 10.2. The fourth-order valence-electron chi connectivity index (χ4n) is 3.01. The second-order valence-electron chi connectivity index (χ2n) is 6.42. The molecule has 6 heteroatoms. The third kappa shape index (κ3) is 5.04. The Morgan fingerprint density at radius 1 is 1.11 bits per heavy atom. The van der Waals surface area contributed by atoms with Gasteiger partial charge in [0.1, 0.15) is 0 Å². The van der Waals surface area contributed by atoms with Crippen molar-refractivity contribution in [3.63, 3.8) is 0 Å². The number of amides is 1. The van der Waals surface area contributed by atoms with Gasteiger partial charge in [0.2, 0.25) is 0 Å². The molecule has 2 aromatic carbocycles. The Bertz CT molecular complexity index is 942. The number of nitrogens with zero attached hydrogens (tertiary/aromatic N) is 2. The van der Waals surface area contributed by atoms with Gasteiger partial charge in [0.05, 0.1) is 18.7 Å². The van der Waals surface area contributed by atoms with Crippen molar-refractivity contribution in [3.8, 4) is 0 Å².